The van der Waals surface area contributed by atoms with Gasteiger partial charge in [0.2, 0.25) is 0 Å². The minimum Gasteiger partial charge on any atom is -0.486 e. The van der Waals surface area contributed by atoms with Crippen LogP contribution >= 0.6 is 11.6 Å². The topological polar surface area (TPSA) is 107 Å². The van der Waals surface area contributed by atoms with Gasteiger partial charge in [-0.25, -0.2) is 14.9 Å². The van der Waals surface area contributed by atoms with Crippen molar-refractivity contribution in [1.82, 2.24) is 20.4 Å². The quantitative estimate of drug-likeness (QED) is 0.513. The summed E-state index contributed by atoms with van der Waals surface area (Å²) in [7, 11) is 0. The lowest BCUT2D eigenvalue weighted by Crippen LogP contribution is -2.24. The van der Waals surface area contributed by atoms with Crippen molar-refractivity contribution in [3.63, 3.8) is 0 Å². The molecule has 0 unspecified atom stereocenters. The van der Waals surface area contributed by atoms with Gasteiger partial charge in [-0.3, -0.25) is 0 Å². The number of nitrogens with one attached hydrogen (secondary N) is 1. The molecule has 3 N–H and O–H groups in total. The Morgan fingerprint density at radius 2 is 2.04 bits per heavy atom. The first-order valence-electron chi connectivity index (χ1n) is 7.59. The number of hydrogen-bond donors (Lipinski definition) is 2. The van der Waals surface area contributed by atoms with Crippen LogP contribution in [0, 0.1) is 0 Å². The lowest BCUT2D eigenvalue weighted by molar-refractivity contribution is 0.249. The van der Waals surface area contributed by atoms with Crippen LogP contribution in [0.1, 0.15) is 11.3 Å². The maximum atomic E-state index is 10.7. The van der Waals surface area contributed by atoms with Crippen molar-refractivity contribution in [3.05, 3.63) is 71.0 Å². The Morgan fingerprint density at radius 1 is 1.27 bits per heavy atom. The molecule has 0 fully saturated rings. The highest BCUT2D eigenvalue weighted by Crippen LogP contribution is 2.18. The van der Waals surface area contributed by atoms with E-state index in [1.807, 2.05) is 24.3 Å². The van der Waals surface area contributed by atoms with E-state index < -0.39 is 6.03 Å². The van der Waals surface area contributed by atoms with E-state index in [0.29, 0.717) is 22.0 Å². The lowest BCUT2D eigenvalue weighted by Gasteiger charge is -2.07. The van der Waals surface area contributed by atoms with E-state index in [9.17, 15) is 4.79 Å². The molecule has 0 bridgehead atoms. The largest absolute Gasteiger partial charge is 0.486 e. The minimum absolute atomic E-state index is 0.224. The van der Waals surface area contributed by atoms with Gasteiger partial charge in [0.05, 0.1) is 18.1 Å². The molecule has 26 heavy (non-hydrogen) atoms. The van der Waals surface area contributed by atoms with E-state index in [1.165, 1.54) is 6.21 Å². The molecular weight excluding hydrogens is 356 g/mol. The number of hydrazone groups is 1. The predicted octanol–water partition coefficient (Wildman–Crippen LogP) is 2.50. The Kier molecular flexibility index (Phi) is 5.45. The summed E-state index contributed by atoms with van der Waals surface area (Å²) in [5, 5.41) is 12.6. The van der Waals surface area contributed by atoms with Crippen molar-refractivity contribution >= 4 is 23.8 Å². The van der Waals surface area contributed by atoms with Crippen LogP contribution in [0.5, 0.6) is 5.75 Å². The summed E-state index contributed by atoms with van der Waals surface area (Å²) in [5.41, 5.74) is 9.29. The second-order valence-electron chi connectivity index (χ2n) is 5.19. The maximum Gasteiger partial charge on any atom is 0.332 e. The summed E-state index contributed by atoms with van der Waals surface area (Å²) >= 11 is 5.88. The Labute approximate surface area is 154 Å². The smallest absolute Gasteiger partial charge is 0.332 e. The monoisotopic (exact) mass is 370 g/mol. The number of urea groups is 1. The van der Waals surface area contributed by atoms with Gasteiger partial charge in [-0.05, 0) is 36.4 Å². The number of ether oxygens (including phenoxy) is 1. The highest BCUT2D eigenvalue weighted by atomic mass is 35.5. The summed E-state index contributed by atoms with van der Waals surface area (Å²) in [6.45, 7) is 0.224. The molecular formula is C17H15ClN6O2. The van der Waals surface area contributed by atoms with Crippen LogP contribution < -0.4 is 15.9 Å². The molecule has 3 rings (SSSR count). The van der Waals surface area contributed by atoms with Gasteiger partial charge in [0.15, 0.2) is 0 Å². The van der Waals surface area contributed by atoms with Gasteiger partial charge in [0.1, 0.15) is 18.1 Å². The van der Waals surface area contributed by atoms with E-state index in [2.05, 4.69) is 20.8 Å². The summed E-state index contributed by atoms with van der Waals surface area (Å²) in [4.78, 5) is 10.7. The molecule has 8 nitrogen and oxygen atoms in total. The lowest BCUT2D eigenvalue weighted by atomic mass is 10.2. The van der Waals surface area contributed by atoms with Crippen molar-refractivity contribution in [3.8, 4) is 11.4 Å². The summed E-state index contributed by atoms with van der Waals surface area (Å²) < 4.78 is 7.41. The fourth-order valence-corrected chi connectivity index (χ4v) is 2.25. The zero-order chi connectivity index (χ0) is 18.4. The molecule has 0 aliphatic heterocycles. The first kappa shape index (κ1) is 17.4. The fourth-order valence-electron chi connectivity index (χ4n) is 2.12. The van der Waals surface area contributed by atoms with E-state index in [4.69, 9.17) is 22.1 Å². The fraction of sp³-hybridized carbons (Fsp3) is 0.0588. The molecule has 0 spiro atoms. The average Bonchev–Trinajstić information content (AvgIpc) is 3.10. The van der Waals surface area contributed by atoms with Gasteiger partial charge in [-0.2, -0.15) is 5.10 Å². The third-order valence-corrected chi connectivity index (χ3v) is 3.56. The first-order valence-corrected chi connectivity index (χ1v) is 7.97. The van der Waals surface area contributed by atoms with Crippen molar-refractivity contribution in [2.75, 3.05) is 0 Å². The predicted molar refractivity (Wildman–Crippen MR) is 97.5 cm³/mol. The normalized spacial score (nSPS) is 10.8. The van der Waals surface area contributed by atoms with Gasteiger partial charge in [0, 0.05) is 10.6 Å². The standard InChI is InChI=1S/C17H15ClN6O2/c18-13-5-7-15(8-6-13)24-10-14(21-23-24)11-26-16-4-2-1-3-12(16)9-20-22-17(19)25/h1-10H,11H2,(H3,19,22,25)/b20-9+. The molecule has 1 heterocycles. The molecule has 132 valence electrons. The number of primary amides is 1. The third-order valence-electron chi connectivity index (χ3n) is 3.30. The third kappa shape index (κ3) is 4.58. The van der Waals surface area contributed by atoms with E-state index in [0.717, 1.165) is 5.69 Å². The number of amides is 2. The van der Waals surface area contributed by atoms with Gasteiger partial charge in [0.25, 0.3) is 0 Å². The highest BCUT2D eigenvalue weighted by molar-refractivity contribution is 6.30. The van der Waals surface area contributed by atoms with E-state index in [1.54, 1.807) is 35.1 Å². The number of benzene rings is 2. The van der Waals surface area contributed by atoms with Gasteiger partial charge < -0.3 is 10.5 Å². The first-order chi connectivity index (χ1) is 12.6. The minimum atomic E-state index is -0.738. The number of nitrogens with two attached hydrogens (primary N) is 1. The number of carbonyl (C=O) groups is 1. The number of carbonyl (C=O) groups excluding carboxylic acids is 1. The maximum absolute atomic E-state index is 10.7. The molecule has 0 saturated carbocycles. The molecule has 0 radical (unpaired) electrons. The molecule has 0 saturated heterocycles. The van der Waals surface area contributed by atoms with E-state index >= 15 is 0 Å². The molecule has 2 amide bonds. The van der Waals surface area contributed by atoms with Gasteiger partial charge in [-0.1, -0.05) is 28.9 Å². The SMILES string of the molecule is NC(=O)N/N=C/c1ccccc1OCc1cn(-c2ccc(Cl)cc2)nn1. The van der Waals surface area contributed by atoms with Crippen molar-refractivity contribution in [1.29, 1.82) is 0 Å². The molecule has 9 heteroatoms. The molecule has 2 aromatic carbocycles. The van der Waals surface area contributed by atoms with Crippen LogP contribution in [0.3, 0.4) is 0 Å². The molecule has 1 aromatic heterocycles. The molecule has 0 aliphatic rings. The van der Waals surface area contributed by atoms with Crippen molar-refractivity contribution < 1.29 is 9.53 Å². The van der Waals surface area contributed by atoms with E-state index in [-0.39, 0.29) is 6.61 Å². The van der Waals surface area contributed by atoms with Gasteiger partial charge in [-0.15, -0.1) is 5.10 Å². The van der Waals surface area contributed by atoms with Crippen LogP contribution in [0.15, 0.2) is 59.8 Å². The second kappa shape index (κ2) is 8.13. The summed E-state index contributed by atoms with van der Waals surface area (Å²) in [5.74, 6) is 0.587. The average molecular weight is 371 g/mol. The summed E-state index contributed by atoms with van der Waals surface area (Å²) in [6.07, 6.45) is 3.22. The molecule has 0 atom stereocenters. The van der Waals surface area contributed by atoms with Gasteiger partial charge >= 0.3 is 6.03 Å². The number of rotatable bonds is 6. The number of halogens is 1. The number of hydrogen-bond acceptors (Lipinski definition) is 5. The van der Waals surface area contributed by atoms with Crippen LogP contribution in [0.4, 0.5) is 4.79 Å². The van der Waals surface area contributed by atoms with Crippen molar-refractivity contribution in [2.45, 2.75) is 6.61 Å². The van der Waals surface area contributed by atoms with Crippen molar-refractivity contribution in [2.24, 2.45) is 10.8 Å². The zero-order valence-electron chi connectivity index (χ0n) is 13.5. The second-order valence-corrected chi connectivity index (χ2v) is 5.63. The van der Waals surface area contributed by atoms with Crippen LogP contribution in [-0.4, -0.2) is 27.2 Å². The number of para-hydroxylation sites is 1. The van der Waals surface area contributed by atoms with Crippen LogP contribution in [0.25, 0.3) is 5.69 Å². The van der Waals surface area contributed by atoms with Crippen LogP contribution in [-0.2, 0) is 6.61 Å². The zero-order valence-corrected chi connectivity index (χ0v) is 14.3. The van der Waals surface area contributed by atoms with Crippen LogP contribution in [0.2, 0.25) is 5.02 Å². The number of nitrogens with zero attached hydrogens (tertiary/aromatic N) is 4. The Morgan fingerprint density at radius 3 is 2.81 bits per heavy atom. The Bertz CT molecular complexity index is 923. The Hall–Kier alpha value is -3.39. The highest BCUT2D eigenvalue weighted by Gasteiger charge is 2.06. The summed E-state index contributed by atoms with van der Waals surface area (Å²) in [6, 6.07) is 13.8. The molecule has 0 aliphatic carbocycles. The molecule has 3 aromatic rings. The number of aromatic nitrogens is 3. The Balaban J connectivity index is 1.67.